The lowest BCUT2D eigenvalue weighted by Gasteiger charge is -2.20. The molecule has 0 saturated carbocycles. The molecule has 0 radical (unpaired) electrons. The zero-order valence-electron chi connectivity index (χ0n) is 12.9. The SMILES string of the molecule is COc1ccc([C@@H](C)N[C@H](C)Cc2cc(C)[nH]n2)cc1F. The number of nitrogens with one attached hydrogen (secondary N) is 2. The highest BCUT2D eigenvalue weighted by Gasteiger charge is 2.13. The first-order valence-electron chi connectivity index (χ1n) is 7.10. The van der Waals surface area contributed by atoms with Gasteiger partial charge in [0, 0.05) is 24.2 Å². The van der Waals surface area contributed by atoms with Crippen LogP contribution in [-0.2, 0) is 6.42 Å². The number of aryl methyl sites for hydroxylation is 1. The van der Waals surface area contributed by atoms with Gasteiger partial charge in [-0.15, -0.1) is 0 Å². The molecule has 0 amide bonds. The van der Waals surface area contributed by atoms with Gasteiger partial charge in [-0.3, -0.25) is 5.10 Å². The molecule has 2 rings (SSSR count). The number of aromatic amines is 1. The molecule has 114 valence electrons. The molecule has 5 heteroatoms. The van der Waals surface area contributed by atoms with E-state index in [9.17, 15) is 4.39 Å². The largest absolute Gasteiger partial charge is 0.494 e. The third kappa shape index (κ3) is 4.04. The first-order chi connectivity index (χ1) is 9.99. The number of aromatic nitrogens is 2. The standard InChI is InChI=1S/C16H22FN3O/c1-10(7-14-8-11(2)19-20-14)18-12(3)13-5-6-16(21-4)15(17)9-13/h5-6,8-10,12,18H,7H2,1-4H3,(H,19,20)/t10-,12-/m1/s1. The summed E-state index contributed by atoms with van der Waals surface area (Å²) in [6.07, 6.45) is 0.827. The van der Waals surface area contributed by atoms with Gasteiger partial charge in [0.05, 0.1) is 12.8 Å². The zero-order valence-corrected chi connectivity index (χ0v) is 12.9. The topological polar surface area (TPSA) is 49.9 Å². The molecule has 2 N–H and O–H groups in total. The van der Waals surface area contributed by atoms with Gasteiger partial charge >= 0.3 is 0 Å². The number of ether oxygens (including phenoxy) is 1. The molecule has 2 aromatic rings. The molecule has 0 aliphatic carbocycles. The summed E-state index contributed by atoms with van der Waals surface area (Å²) in [5.41, 5.74) is 2.99. The second-order valence-electron chi connectivity index (χ2n) is 5.43. The number of methoxy groups -OCH3 is 1. The molecule has 0 bridgehead atoms. The summed E-state index contributed by atoms with van der Waals surface area (Å²) < 4.78 is 18.7. The van der Waals surface area contributed by atoms with E-state index in [-0.39, 0.29) is 23.7 Å². The fraction of sp³-hybridized carbons (Fsp3) is 0.438. The van der Waals surface area contributed by atoms with Crippen LogP contribution in [-0.4, -0.2) is 23.3 Å². The highest BCUT2D eigenvalue weighted by atomic mass is 19.1. The third-order valence-electron chi connectivity index (χ3n) is 3.48. The molecule has 1 aromatic carbocycles. The van der Waals surface area contributed by atoms with Gasteiger partial charge in [-0.05, 0) is 44.5 Å². The lowest BCUT2D eigenvalue weighted by molar-refractivity contribution is 0.385. The Morgan fingerprint density at radius 3 is 2.67 bits per heavy atom. The maximum absolute atomic E-state index is 13.7. The minimum Gasteiger partial charge on any atom is -0.494 e. The molecular formula is C16H22FN3O. The van der Waals surface area contributed by atoms with Crippen molar-refractivity contribution in [3.8, 4) is 5.75 Å². The molecule has 4 nitrogen and oxygen atoms in total. The number of halogens is 1. The predicted molar refractivity (Wildman–Crippen MR) is 81.0 cm³/mol. The monoisotopic (exact) mass is 291 g/mol. The van der Waals surface area contributed by atoms with Gasteiger partial charge < -0.3 is 10.1 Å². The lowest BCUT2D eigenvalue weighted by atomic mass is 10.1. The van der Waals surface area contributed by atoms with Crippen molar-refractivity contribution >= 4 is 0 Å². The molecule has 0 fully saturated rings. The van der Waals surface area contributed by atoms with Crippen LogP contribution in [0.15, 0.2) is 24.3 Å². The number of H-pyrrole nitrogens is 1. The summed E-state index contributed by atoms with van der Waals surface area (Å²) in [7, 11) is 1.47. The Morgan fingerprint density at radius 2 is 2.10 bits per heavy atom. The molecule has 1 aromatic heterocycles. The summed E-state index contributed by atoms with van der Waals surface area (Å²) in [5, 5.41) is 10.6. The molecule has 0 spiro atoms. The van der Waals surface area contributed by atoms with Crippen molar-refractivity contribution in [2.24, 2.45) is 0 Å². The summed E-state index contributed by atoms with van der Waals surface area (Å²) in [6.45, 7) is 6.10. The molecule has 2 atom stereocenters. The average Bonchev–Trinajstić information content (AvgIpc) is 2.83. The van der Waals surface area contributed by atoms with Crippen LogP contribution in [0, 0.1) is 12.7 Å². The Labute approximate surface area is 124 Å². The van der Waals surface area contributed by atoms with Gasteiger partial charge in [-0.25, -0.2) is 4.39 Å². The summed E-state index contributed by atoms with van der Waals surface area (Å²) in [5.74, 6) is -0.0646. The Morgan fingerprint density at radius 1 is 1.33 bits per heavy atom. The molecule has 0 saturated heterocycles. The van der Waals surface area contributed by atoms with Gasteiger partial charge in [-0.2, -0.15) is 5.10 Å². The van der Waals surface area contributed by atoms with Crippen molar-refractivity contribution in [2.45, 2.75) is 39.3 Å². The van der Waals surface area contributed by atoms with Gasteiger partial charge in [-0.1, -0.05) is 6.07 Å². The fourth-order valence-corrected chi connectivity index (χ4v) is 2.43. The predicted octanol–water partition coefficient (Wildman–Crippen LogP) is 3.15. The Balaban J connectivity index is 1.97. The van der Waals surface area contributed by atoms with Crippen LogP contribution in [0.3, 0.4) is 0 Å². The van der Waals surface area contributed by atoms with E-state index in [0.29, 0.717) is 0 Å². The molecule has 0 aliphatic heterocycles. The molecular weight excluding hydrogens is 269 g/mol. The van der Waals surface area contributed by atoms with Crippen LogP contribution < -0.4 is 10.1 Å². The lowest BCUT2D eigenvalue weighted by Crippen LogP contribution is -2.30. The highest BCUT2D eigenvalue weighted by Crippen LogP contribution is 2.22. The van der Waals surface area contributed by atoms with Crippen LogP contribution in [0.1, 0.15) is 36.8 Å². The minimum absolute atomic E-state index is 0.0560. The quantitative estimate of drug-likeness (QED) is 0.859. The Bertz CT molecular complexity index is 597. The maximum Gasteiger partial charge on any atom is 0.165 e. The van der Waals surface area contributed by atoms with Crippen molar-refractivity contribution in [1.82, 2.24) is 15.5 Å². The van der Waals surface area contributed by atoms with E-state index < -0.39 is 0 Å². The van der Waals surface area contributed by atoms with E-state index in [4.69, 9.17) is 4.74 Å². The highest BCUT2D eigenvalue weighted by molar-refractivity contribution is 5.30. The Kier molecular flexibility index (Phi) is 4.96. The summed E-state index contributed by atoms with van der Waals surface area (Å²) >= 11 is 0. The van der Waals surface area contributed by atoms with E-state index in [2.05, 4.69) is 22.4 Å². The number of benzene rings is 1. The third-order valence-corrected chi connectivity index (χ3v) is 3.48. The van der Waals surface area contributed by atoms with Gasteiger partial charge in [0.1, 0.15) is 0 Å². The van der Waals surface area contributed by atoms with Gasteiger partial charge in [0.2, 0.25) is 0 Å². The van der Waals surface area contributed by atoms with Crippen LogP contribution in [0.2, 0.25) is 0 Å². The number of hydrogen-bond acceptors (Lipinski definition) is 3. The van der Waals surface area contributed by atoms with Crippen molar-refractivity contribution in [3.05, 3.63) is 47.0 Å². The summed E-state index contributed by atoms with van der Waals surface area (Å²) in [4.78, 5) is 0. The molecule has 0 unspecified atom stereocenters. The fourth-order valence-electron chi connectivity index (χ4n) is 2.43. The van der Waals surface area contributed by atoms with E-state index >= 15 is 0 Å². The van der Waals surface area contributed by atoms with Gasteiger partial charge in [0.15, 0.2) is 11.6 Å². The zero-order chi connectivity index (χ0) is 15.4. The van der Waals surface area contributed by atoms with E-state index in [1.165, 1.54) is 13.2 Å². The second-order valence-corrected chi connectivity index (χ2v) is 5.43. The minimum atomic E-state index is -0.334. The summed E-state index contributed by atoms with van der Waals surface area (Å²) in [6, 6.07) is 7.39. The van der Waals surface area contributed by atoms with Crippen LogP contribution in [0.5, 0.6) is 5.75 Å². The molecule has 1 heterocycles. The second kappa shape index (κ2) is 6.72. The molecule has 0 aliphatic rings. The van der Waals surface area contributed by atoms with Gasteiger partial charge in [0.25, 0.3) is 0 Å². The number of nitrogens with zero attached hydrogens (tertiary/aromatic N) is 1. The average molecular weight is 291 g/mol. The number of rotatable bonds is 6. The van der Waals surface area contributed by atoms with E-state index in [0.717, 1.165) is 23.4 Å². The number of hydrogen-bond donors (Lipinski definition) is 2. The Hall–Kier alpha value is -1.88. The molecule has 21 heavy (non-hydrogen) atoms. The van der Waals surface area contributed by atoms with Crippen LogP contribution >= 0.6 is 0 Å². The van der Waals surface area contributed by atoms with E-state index in [1.807, 2.05) is 26.0 Å². The van der Waals surface area contributed by atoms with Crippen LogP contribution in [0.25, 0.3) is 0 Å². The first kappa shape index (κ1) is 15.5. The first-order valence-corrected chi connectivity index (χ1v) is 7.10. The van der Waals surface area contributed by atoms with Crippen molar-refractivity contribution in [1.29, 1.82) is 0 Å². The smallest absolute Gasteiger partial charge is 0.165 e. The van der Waals surface area contributed by atoms with Crippen molar-refractivity contribution < 1.29 is 9.13 Å². The normalized spacial score (nSPS) is 14.0. The van der Waals surface area contributed by atoms with E-state index in [1.54, 1.807) is 6.07 Å². The maximum atomic E-state index is 13.7. The van der Waals surface area contributed by atoms with Crippen molar-refractivity contribution in [2.75, 3.05) is 7.11 Å². The van der Waals surface area contributed by atoms with Crippen molar-refractivity contribution in [3.63, 3.8) is 0 Å². The van der Waals surface area contributed by atoms with Crippen LogP contribution in [0.4, 0.5) is 4.39 Å².